The van der Waals surface area contributed by atoms with Crippen molar-refractivity contribution >= 4 is 33.5 Å². The minimum atomic E-state index is -0.849. The Bertz CT molecular complexity index is 2060. The van der Waals surface area contributed by atoms with E-state index >= 15 is 0 Å². The summed E-state index contributed by atoms with van der Waals surface area (Å²) in [6.45, 7) is 3.90. The normalized spacial score (nSPS) is 13.2. The molecule has 0 aliphatic rings. The van der Waals surface area contributed by atoms with Crippen LogP contribution < -0.4 is 11.5 Å². The molecule has 0 aliphatic heterocycles. The first-order valence-electron chi connectivity index (χ1n) is 22.2. The van der Waals surface area contributed by atoms with Gasteiger partial charge in [0.2, 0.25) is 0 Å². The number of unbranched alkanes of at least 4 members (excludes halogenated alkanes) is 12. The first kappa shape index (κ1) is 49.3. The van der Waals surface area contributed by atoms with E-state index in [1.54, 1.807) is 12.1 Å². The van der Waals surface area contributed by atoms with Gasteiger partial charge in [-0.2, -0.15) is 0 Å². The number of carbonyl (C=O) groups is 2. The summed E-state index contributed by atoms with van der Waals surface area (Å²) in [7, 11) is 2.92. The summed E-state index contributed by atoms with van der Waals surface area (Å²) in [5.41, 5.74) is 15.3. The molecule has 10 heteroatoms. The molecule has 0 saturated carbocycles. The van der Waals surface area contributed by atoms with Crippen LogP contribution in [0, 0.1) is 23.7 Å². The second kappa shape index (κ2) is 26.9. The van der Waals surface area contributed by atoms with E-state index < -0.39 is 36.2 Å². The molecule has 0 saturated heterocycles. The molecule has 0 unspecified atom stereocenters. The van der Waals surface area contributed by atoms with Crippen molar-refractivity contribution in [2.45, 2.75) is 128 Å². The topological polar surface area (TPSA) is 164 Å². The summed E-state index contributed by atoms with van der Waals surface area (Å²) in [6, 6.07) is 16.9. The number of esters is 2. The van der Waals surface area contributed by atoms with Gasteiger partial charge < -0.3 is 40.6 Å². The number of ether oxygens (including phenoxy) is 4. The van der Waals surface area contributed by atoms with Gasteiger partial charge in [0.15, 0.2) is 0 Å². The number of hydrogen-bond donors (Lipinski definition) is 4. The fraction of sp³-hybridized carbons (Fsp3) is 0.462. The number of fused-ring (bicyclic) bond motifs is 2. The van der Waals surface area contributed by atoms with Gasteiger partial charge in [-0.3, -0.25) is 0 Å². The SMILES string of the molecule is CCCCCCCCC#Cc1ccc2ccc([C@@H](OC)[C@@H](N)COC(=O)/C=C\C(=O)OC[C@H](N)[C@H](OC)c3ccc4ccc(C#CCCCCCCCC)cc4c3O)c(O)c2c1. The van der Waals surface area contributed by atoms with E-state index in [9.17, 15) is 19.8 Å². The fourth-order valence-electron chi connectivity index (χ4n) is 7.40. The molecule has 4 rings (SSSR count). The largest absolute Gasteiger partial charge is 0.507 e. The van der Waals surface area contributed by atoms with Crippen molar-refractivity contribution < 1.29 is 38.7 Å². The number of phenolic OH excluding ortho intramolecular Hbond substituents is 2. The molecule has 0 heterocycles. The quantitative estimate of drug-likeness (QED) is 0.0231. The van der Waals surface area contributed by atoms with Crippen LogP contribution in [0.25, 0.3) is 21.5 Å². The molecule has 0 fully saturated rings. The molecule has 0 radical (unpaired) electrons. The molecule has 4 aromatic rings. The third-order valence-corrected chi connectivity index (χ3v) is 10.9. The number of phenols is 2. The number of aromatic hydroxyl groups is 2. The molecular weight excluding hydrogens is 781 g/mol. The highest BCUT2D eigenvalue weighted by Gasteiger charge is 2.26. The standard InChI is InChI=1S/C52H66N2O8/c1-5-7-9-11-13-15-17-19-21-37-23-25-39-27-29-41(49(57)43(39)33-37)51(59-3)45(53)35-61-47(55)31-32-48(56)62-36-46(54)52(60-4)42-30-28-40-26-24-38(34-44(40)50(42)58)22-20-18-16-14-12-10-8-6-2/h23-34,45-46,51-52,57-58H,5-18,35-36,53-54H2,1-4H3/b32-31-/t45-,46-,51+,52+/m0/s1. The van der Waals surface area contributed by atoms with Gasteiger partial charge in [-0.15, -0.1) is 0 Å². The Morgan fingerprint density at radius 2 is 0.952 bits per heavy atom. The van der Waals surface area contributed by atoms with Crippen molar-refractivity contribution in [2.75, 3.05) is 27.4 Å². The van der Waals surface area contributed by atoms with Crippen LogP contribution in [0.1, 0.15) is 138 Å². The van der Waals surface area contributed by atoms with Gasteiger partial charge in [-0.25, -0.2) is 9.59 Å². The molecule has 0 aromatic heterocycles. The lowest BCUT2D eigenvalue weighted by atomic mass is 9.96. The number of methoxy groups -OCH3 is 2. The maximum Gasteiger partial charge on any atom is 0.331 e. The van der Waals surface area contributed by atoms with Crippen molar-refractivity contribution in [3.63, 3.8) is 0 Å². The van der Waals surface area contributed by atoms with Crippen LogP contribution in [0.3, 0.4) is 0 Å². The molecule has 4 atom stereocenters. The second-order valence-electron chi connectivity index (χ2n) is 15.8. The smallest absolute Gasteiger partial charge is 0.331 e. The van der Waals surface area contributed by atoms with Gasteiger partial charge in [-0.05, 0) is 47.9 Å². The van der Waals surface area contributed by atoms with Crippen LogP contribution in [-0.4, -0.2) is 61.7 Å². The van der Waals surface area contributed by atoms with Crippen LogP contribution in [0.2, 0.25) is 0 Å². The molecule has 6 N–H and O–H groups in total. The first-order valence-corrected chi connectivity index (χ1v) is 22.2. The van der Waals surface area contributed by atoms with E-state index in [2.05, 4.69) is 37.5 Å². The molecule has 0 bridgehead atoms. The Kier molecular flexibility index (Phi) is 21.4. The Morgan fingerprint density at radius 1 is 0.581 bits per heavy atom. The number of benzene rings is 4. The molecule has 10 nitrogen and oxygen atoms in total. The Labute approximate surface area is 368 Å². The molecule has 4 aromatic carbocycles. The van der Waals surface area contributed by atoms with Crippen LogP contribution in [0.4, 0.5) is 0 Å². The predicted molar refractivity (Wildman–Crippen MR) is 247 cm³/mol. The van der Waals surface area contributed by atoms with Crippen molar-refractivity contribution in [3.05, 3.63) is 95.1 Å². The third kappa shape index (κ3) is 15.2. The summed E-state index contributed by atoms with van der Waals surface area (Å²) in [6.07, 6.45) is 16.4. The summed E-state index contributed by atoms with van der Waals surface area (Å²) < 4.78 is 22.0. The molecule has 0 amide bonds. The molecule has 0 spiro atoms. The minimum absolute atomic E-state index is 0.0106. The van der Waals surface area contributed by atoms with E-state index in [0.717, 1.165) is 59.7 Å². The predicted octanol–water partition coefficient (Wildman–Crippen LogP) is 9.98. The molecule has 62 heavy (non-hydrogen) atoms. The van der Waals surface area contributed by atoms with Crippen LogP contribution >= 0.6 is 0 Å². The van der Waals surface area contributed by atoms with Gasteiger partial charge in [0.25, 0.3) is 0 Å². The average molecular weight is 847 g/mol. The second-order valence-corrected chi connectivity index (χ2v) is 15.8. The van der Waals surface area contributed by atoms with Crippen LogP contribution in [-0.2, 0) is 28.5 Å². The maximum absolute atomic E-state index is 12.6. The Hall–Kier alpha value is -5.36. The van der Waals surface area contributed by atoms with Crippen molar-refractivity contribution in [2.24, 2.45) is 11.5 Å². The monoisotopic (exact) mass is 846 g/mol. The van der Waals surface area contributed by atoms with E-state index in [1.807, 2.05) is 48.5 Å². The lowest BCUT2D eigenvalue weighted by Crippen LogP contribution is -2.35. The zero-order chi connectivity index (χ0) is 44.7. The fourth-order valence-corrected chi connectivity index (χ4v) is 7.40. The van der Waals surface area contributed by atoms with Crippen molar-refractivity contribution in [3.8, 4) is 35.2 Å². The molecular formula is C52H66N2O8. The zero-order valence-corrected chi connectivity index (χ0v) is 37.0. The Morgan fingerprint density at radius 3 is 1.34 bits per heavy atom. The lowest BCUT2D eigenvalue weighted by molar-refractivity contribution is -0.142. The molecule has 0 aliphatic carbocycles. The van der Waals surface area contributed by atoms with Gasteiger partial charge in [0, 0.05) is 72.2 Å². The third-order valence-electron chi connectivity index (χ3n) is 10.9. The Balaban J connectivity index is 1.28. The average Bonchev–Trinajstić information content (AvgIpc) is 3.28. The summed E-state index contributed by atoms with van der Waals surface area (Å²) in [5.74, 6) is 11.3. The van der Waals surface area contributed by atoms with Gasteiger partial charge in [-0.1, -0.05) is 138 Å². The number of nitrogens with two attached hydrogens (primary N) is 2. The minimum Gasteiger partial charge on any atom is -0.507 e. The summed E-state index contributed by atoms with van der Waals surface area (Å²) in [4.78, 5) is 25.2. The highest BCUT2D eigenvalue weighted by molar-refractivity contribution is 5.92. The highest BCUT2D eigenvalue weighted by atomic mass is 16.5. The van der Waals surface area contributed by atoms with Crippen molar-refractivity contribution in [1.29, 1.82) is 0 Å². The lowest BCUT2D eigenvalue weighted by Gasteiger charge is -2.24. The van der Waals surface area contributed by atoms with Gasteiger partial charge in [0.1, 0.15) is 36.9 Å². The van der Waals surface area contributed by atoms with Crippen molar-refractivity contribution in [1.82, 2.24) is 0 Å². The van der Waals surface area contributed by atoms with Crippen LogP contribution in [0.15, 0.2) is 72.8 Å². The summed E-state index contributed by atoms with van der Waals surface area (Å²) in [5, 5.41) is 25.5. The zero-order valence-electron chi connectivity index (χ0n) is 37.0. The van der Waals surface area contributed by atoms with Crippen LogP contribution in [0.5, 0.6) is 11.5 Å². The molecule has 332 valence electrons. The van der Waals surface area contributed by atoms with E-state index in [-0.39, 0.29) is 24.7 Å². The number of carbonyl (C=O) groups excluding carboxylic acids is 2. The van der Waals surface area contributed by atoms with Gasteiger partial charge in [0.05, 0.1) is 12.1 Å². The number of hydrogen-bond acceptors (Lipinski definition) is 10. The van der Waals surface area contributed by atoms with E-state index in [0.29, 0.717) is 21.9 Å². The van der Waals surface area contributed by atoms with E-state index in [4.69, 9.17) is 30.4 Å². The highest BCUT2D eigenvalue weighted by Crippen LogP contribution is 2.37. The first-order chi connectivity index (χ1) is 30.1. The maximum atomic E-state index is 12.6. The number of rotatable bonds is 24. The van der Waals surface area contributed by atoms with E-state index in [1.165, 1.54) is 78.4 Å². The van der Waals surface area contributed by atoms with Gasteiger partial charge >= 0.3 is 11.9 Å². The summed E-state index contributed by atoms with van der Waals surface area (Å²) >= 11 is 0.